The Morgan fingerprint density at radius 3 is 3.00 bits per heavy atom. The predicted molar refractivity (Wildman–Crippen MR) is 69.5 cm³/mol. The first-order valence-corrected chi connectivity index (χ1v) is 6.63. The van der Waals surface area contributed by atoms with Crippen molar-refractivity contribution in [3.8, 4) is 0 Å². The molecule has 0 aromatic carbocycles. The number of nitrogens with one attached hydrogen (secondary N) is 1. The maximum Gasteiger partial charge on any atom is 0.177 e. The van der Waals surface area contributed by atoms with Crippen molar-refractivity contribution in [1.29, 1.82) is 0 Å². The van der Waals surface area contributed by atoms with Crippen LogP contribution in [0.1, 0.15) is 30.5 Å². The van der Waals surface area contributed by atoms with E-state index in [4.69, 9.17) is 12.2 Å². The van der Waals surface area contributed by atoms with Crippen molar-refractivity contribution in [2.75, 3.05) is 0 Å². The van der Waals surface area contributed by atoms with Gasteiger partial charge in [0, 0.05) is 36.4 Å². The van der Waals surface area contributed by atoms with E-state index in [1.54, 1.807) is 11.3 Å². The van der Waals surface area contributed by atoms with E-state index >= 15 is 0 Å². The van der Waals surface area contributed by atoms with E-state index in [9.17, 15) is 0 Å². The molecule has 2 heterocycles. The van der Waals surface area contributed by atoms with Crippen LogP contribution in [0.2, 0.25) is 0 Å². The Morgan fingerprint density at radius 1 is 1.56 bits per heavy atom. The lowest BCUT2D eigenvalue weighted by atomic mass is 10.1. The Kier molecular flexibility index (Phi) is 3.56. The van der Waals surface area contributed by atoms with Gasteiger partial charge in [0.25, 0.3) is 0 Å². The molecule has 0 spiro atoms. The molecule has 16 heavy (non-hydrogen) atoms. The van der Waals surface area contributed by atoms with Crippen LogP contribution in [-0.4, -0.2) is 14.5 Å². The molecule has 0 bridgehead atoms. The minimum absolute atomic E-state index is 0.490. The van der Waals surface area contributed by atoms with Gasteiger partial charge in [-0.05, 0) is 18.1 Å². The van der Waals surface area contributed by atoms with Crippen molar-refractivity contribution in [3.63, 3.8) is 0 Å². The number of hydrogen-bond acceptors (Lipinski definition) is 3. The number of hydrogen-bond donors (Lipinski definition) is 1. The number of nitrogens with zero attached hydrogens (tertiary/aromatic N) is 2. The number of H-pyrrole nitrogens is 1. The molecule has 0 unspecified atom stereocenters. The summed E-state index contributed by atoms with van der Waals surface area (Å²) < 4.78 is 2.97. The van der Waals surface area contributed by atoms with Gasteiger partial charge in [0.05, 0.1) is 5.01 Å². The molecule has 0 fully saturated rings. The normalized spacial score (nSPS) is 11.2. The van der Waals surface area contributed by atoms with Crippen molar-refractivity contribution in [1.82, 2.24) is 14.5 Å². The van der Waals surface area contributed by atoms with Crippen LogP contribution < -0.4 is 0 Å². The first kappa shape index (κ1) is 11.5. The van der Waals surface area contributed by atoms with Crippen molar-refractivity contribution in [2.45, 2.75) is 32.7 Å². The molecule has 0 aliphatic heterocycles. The van der Waals surface area contributed by atoms with Crippen LogP contribution in [0.5, 0.6) is 0 Å². The molecule has 0 radical (unpaired) electrons. The maximum absolute atomic E-state index is 5.28. The number of aromatic nitrogens is 3. The summed E-state index contributed by atoms with van der Waals surface area (Å²) in [6.45, 7) is 5.26. The van der Waals surface area contributed by atoms with E-state index in [1.807, 2.05) is 17.8 Å². The molecular formula is C11H15N3S2. The average Bonchev–Trinajstić information content (AvgIpc) is 2.84. The Morgan fingerprint density at radius 2 is 2.38 bits per heavy atom. The van der Waals surface area contributed by atoms with Gasteiger partial charge >= 0.3 is 0 Å². The second-order valence-corrected chi connectivity index (χ2v) is 5.37. The highest BCUT2D eigenvalue weighted by Crippen LogP contribution is 2.15. The van der Waals surface area contributed by atoms with Gasteiger partial charge in [-0.3, -0.25) is 0 Å². The van der Waals surface area contributed by atoms with Crippen LogP contribution in [0, 0.1) is 4.77 Å². The summed E-state index contributed by atoms with van der Waals surface area (Å²) in [5, 5.41) is 3.17. The smallest absolute Gasteiger partial charge is 0.177 e. The molecular weight excluding hydrogens is 238 g/mol. The van der Waals surface area contributed by atoms with E-state index in [0.29, 0.717) is 5.92 Å². The summed E-state index contributed by atoms with van der Waals surface area (Å²) >= 11 is 6.97. The summed E-state index contributed by atoms with van der Waals surface area (Å²) in [6, 6.07) is 0. The molecule has 0 atom stereocenters. The van der Waals surface area contributed by atoms with Crippen molar-refractivity contribution < 1.29 is 0 Å². The Labute approximate surface area is 104 Å². The minimum Gasteiger partial charge on any atom is -0.337 e. The lowest BCUT2D eigenvalue weighted by Crippen LogP contribution is -2.06. The standard InChI is InChI=1S/C11H15N3S2/c1-8(2)9-7-13-11(15)14(9)5-3-10-12-4-6-16-10/h4,6-8H,3,5H2,1-2H3,(H,13,15). The number of aromatic amines is 1. The Bertz CT molecular complexity index is 494. The summed E-state index contributed by atoms with van der Waals surface area (Å²) in [6.07, 6.45) is 4.80. The highest BCUT2D eigenvalue weighted by molar-refractivity contribution is 7.71. The summed E-state index contributed by atoms with van der Waals surface area (Å²) in [5.41, 5.74) is 1.27. The molecule has 0 amide bonds. The number of thiazole rings is 1. The fraction of sp³-hybridized carbons (Fsp3) is 0.455. The van der Waals surface area contributed by atoms with E-state index < -0.39 is 0 Å². The van der Waals surface area contributed by atoms with Gasteiger partial charge < -0.3 is 9.55 Å². The molecule has 1 N–H and O–H groups in total. The predicted octanol–water partition coefficient (Wildman–Crippen LogP) is 3.37. The first-order chi connectivity index (χ1) is 7.68. The van der Waals surface area contributed by atoms with Gasteiger partial charge in [0.2, 0.25) is 0 Å². The lowest BCUT2D eigenvalue weighted by molar-refractivity contribution is 0.625. The largest absolute Gasteiger partial charge is 0.337 e. The topological polar surface area (TPSA) is 33.6 Å². The van der Waals surface area contributed by atoms with Gasteiger partial charge in [-0.1, -0.05) is 13.8 Å². The van der Waals surface area contributed by atoms with E-state index in [0.717, 1.165) is 22.7 Å². The SMILES string of the molecule is CC(C)c1c[nH]c(=S)n1CCc1nccs1. The van der Waals surface area contributed by atoms with Gasteiger partial charge in [-0.15, -0.1) is 11.3 Å². The third-order valence-corrected chi connectivity index (χ3v) is 3.70. The molecule has 2 aromatic heterocycles. The third kappa shape index (κ3) is 2.41. The van der Waals surface area contributed by atoms with Crippen LogP contribution in [0.15, 0.2) is 17.8 Å². The van der Waals surface area contributed by atoms with Gasteiger partial charge in [-0.2, -0.15) is 0 Å². The number of imidazole rings is 1. The van der Waals surface area contributed by atoms with Crippen LogP contribution in [0.4, 0.5) is 0 Å². The highest BCUT2D eigenvalue weighted by atomic mass is 32.1. The van der Waals surface area contributed by atoms with E-state index in [1.165, 1.54) is 5.69 Å². The Hall–Kier alpha value is -0.940. The molecule has 5 heteroatoms. The van der Waals surface area contributed by atoms with E-state index in [-0.39, 0.29) is 0 Å². The summed E-state index contributed by atoms with van der Waals surface area (Å²) in [5.74, 6) is 0.490. The first-order valence-electron chi connectivity index (χ1n) is 5.35. The zero-order valence-corrected chi connectivity index (χ0v) is 11.1. The molecule has 86 valence electrons. The van der Waals surface area contributed by atoms with Crippen LogP contribution in [0.3, 0.4) is 0 Å². The number of rotatable bonds is 4. The van der Waals surface area contributed by atoms with Crippen molar-refractivity contribution in [3.05, 3.63) is 33.2 Å². The third-order valence-electron chi connectivity index (χ3n) is 2.52. The molecule has 2 rings (SSSR count). The molecule has 0 aliphatic carbocycles. The molecule has 2 aromatic rings. The lowest BCUT2D eigenvalue weighted by Gasteiger charge is -2.09. The van der Waals surface area contributed by atoms with Gasteiger partial charge in [0.1, 0.15) is 0 Å². The average molecular weight is 253 g/mol. The zero-order chi connectivity index (χ0) is 11.5. The second kappa shape index (κ2) is 4.93. The highest BCUT2D eigenvalue weighted by Gasteiger charge is 2.08. The summed E-state index contributed by atoms with van der Waals surface area (Å²) in [7, 11) is 0. The quantitative estimate of drug-likeness (QED) is 0.848. The molecule has 0 aliphatic rings. The Balaban J connectivity index is 2.14. The number of aryl methyl sites for hydroxylation is 1. The van der Waals surface area contributed by atoms with Gasteiger partial charge in [0.15, 0.2) is 4.77 Å². The van der Waals surface area contributed by atoms with Crippen LogP contribution in [0.25, 0.3) is 0 Å². The zero-order valence-electron chi connectivity index (χ0n) is 9.43. The van der Waals surface area contributed by atoms with Crippen LogP contribution >= 0.6 is 23.6 Å². The molecule has 0 saturated carbocycles. The van der Waals surface area contributed by atoms with Gasteiger partial charge in [-0.25, -0.2) is 4.98 Å². The van der Waals surface area contributed by atoms with E-state index in [2.05, 4.69) is 28.4 Å². The fourth-order valence-corrected chi connectivity index (χ4v) is 2.57. The van der Waals surface area contributed by atoms with Crippen LogP contribution in [-0.2, 0) is 13.0 Å². The molecule has 3 nitrogen and oxygen atoms in total. The minimum atomic E-state index is 0.490. The maximum atomic E-state index is 5.28. The summed E-state index contributed by atoms with van der Waals surface area (Å²) in [4.78, 5) is 7.39. The second-order valence-electron chi connectivity index (χ2n) is 4.00. The van der Waals surface area contributed by atoms with Crippen molar-refractivity contribution >= 4 is 23.6 Å². The van der Waals surface area contributed by atoms with Crippen molar-refractivity contribution in [2.24, 2.45) is 0 Å². The monoisotopic (exact) mass is 253 g/mol. The molecule has 0 saturated heterocycles. The fourth-order valence-electron chi connectivity index (χ4n) is 1.70.